The Labute approximate surface area is 195 Å². The van der Waals surface area contributed by atoms with E-state index in [1.54, 1.807) is 18.2 Å². The highest BCUT2D eigenvalue weighted by atomic mass is 35.5. The Morgan fingerprint density at radius 2 is 1.59 bits per heavy atom. The smallest absolute Gasteiger partial charge is 0.407 e. The van der Waals surface area contributed by atoms with Gasteiger partial charge in [0.2, 0.25) is 0 Å². The number of hydrogen-bond donors (Lipinski definition) is 2. The highest BCUT2D eigenvalue weighted by Gasteiger charge is 2.29. The normalized spacial score (nSPS) is 13.2. The number of rotatable bonds is 7. The second-order valence-electron chi connectivity index (χ2n) is 7.68. The van der Waals surface area contributed by atoms with E-state index in [0.717, 1.165) is 22.3 Å². The lowest BCUT2D eigenvalue weighted by Crippen LogP contribution is -2.35. The number of aliphatic carboxylic acids is 1. The van der Waals surface area contributed by atoms with Crippen LogP contribution in [-0.2, 0) is 16.0 Å². The molecule has 1 aliphatic rings. The standard InChI is InChI=1S/C25H21Cl2NO4/c26-17-9-10-23(27)15(12-17)11-16(24(29)30)13-28-25(31)32-14-22-20-7-3-1-5-18(20)19-6-2-4-8-21(19)22/h1-10,12,16,22H,11,13-14H2,(H,28,31)(H,29,30)/t16-/m1/s1. The molecule has 0 saturated heterocycles. The van der Waals surface area contributed by atoms with Gasteiger partial charge in [-0.25, -0.2) is 4.79 Å². The van der Waals surface area contributed by atoms with E-state index in [-0.39, 0.29) is 25.5 Å². The monoisotopic (exact) mass is 469 g/mol. The summed E-state index contributed by atoms with van der Waals surface area (Å²) in [7, 11) is 0. The van der Waals surface area contributed by atoms with Crippen LogP contribution in [0.4, 0.5) is 4.79 Å². The molecule has 164 valence electrons. The summed E-state index contributed by atoms with van der Waals surface area (Å²) in [4.78, 5) is 24.0. The fourth-order valence-corrected chi connectivity index (χ4v) is 4.46. The molecule has 3 aromatic rings. The Kier molecular flexibility index (Phi) is 6.68. The Morgan fingerprint density at radius 3 is 2.22 bits per heavy atom. The number of carboxylic acid groups (broad SMARTS) is 1. The molecule has 1 atom stereocenters. The zero-order chi connectivity index (χ0) is 22.7. The topological polar surface area (TPSA) is 75.6 Å². The molecule has 0 heterocycles. The summed E-state index contributed by atoms with van der Waals surface area (Å²) >= 11 is 12.1. The molecular formula is C25H21Cl2NO4. The van der Waals surface area contributed by atoms with Crippen LogP contribution < -0.4 is 5.32 Å². The number of carboxylic acids is 1. The van der Waals surface area contributed by atoms with Crippen molar-refractivity contribution < 1.29 is 19.4 Å². The van der Waals surface area contributed by atoms with Gasteiger partial charge in [0.1, 0.15) is 6.61 Å². The molecule has 4 rings (SSSR count). The van der Waals surface area contributed by atoms with Crippen LogP contribution in [0.3, 0.4) is 0 Å². The fourth-order valence-electron chi connectivity index (χ4n) is 4.07. The van der Waals surface area contributed by atoms with Crippen LogP contribution in [0.25, 0.3) is 11.1 Å². The average Bonchev–Trinajstić information content (AvgIpc) is 3.11. The minimum atomic E-state index is -1.04. The molecule has 1 aliphatic carbocycles. The van der Waals surface area contributed by atoms with E-state index in [0.29, 0.717) is 15.6 Å². The van der Waals surface area contributed by atoms with Crippen LogP contribution >= 0.6 is 23.2 Å². The van der Waals surface area contributed by atoms with Crippen LogP contribution in [0, 0.1) is 5.92 Å². The van der Waals surface area contributed by atoms with Gasteiger partial charge >= 0.3 is 12.1 Å². The number of carbonyl (C=O) groups excluding carboxylic acids is 1. The number of amides is 1. The third kappa shape index (κ3) is 4.74. The van der Waals surface area contributed by atoms with E-state index in [4.69, 9.17) is 27.9 Å². The van der Waals surface area contributed by atoms with Gasteiger partial charge in [-0.15, -0.1) is 0 Å². The summed E-state index contributed by atoms with van der Waals surface area (Å²) in [5.41, 5.74) is 5.12. The van der Waals surface area contributed by atoms with Crippen molar-refractivity contribution in [3.05, 3.63) is 93.5 Å². The van der Waals surface area contributed by atoms with Gasteiger partial charge in [0.25, 0.3) is 0 Å². The van der Waals surface area contributed by atoms with Gasteiger partial charge < -0.3 is 15.2 Å². The molecule has 0 saturated carbocycles. The summed E-state index contributed by atoms with van der Waals surface area (Å²) in [5.74, 6) is -1.97. The molecule has 0 fully saturated rings. The van der Waals surface area contributed by atoms with Gasteiger partial charge in [-0.2, -0.15) is 0 Å². The Hall–Kier alpha value is -3.02. The van der Waals surface area contributed by atoms with Crippen LogP contribution in [-0.4, -0.2) is 30.3 Å². The SMILES string of the molecule is O=C(NC[C@@H](Cc1cc(Cl)ccc1Cl)C(=O)O)OCC1c2ccccc2-c2ccccc21. The van der Waals surface area contributed by atoms with Crippen LogP contribution in [0.1, 0.15) is 22.6 Å². The fraction of sp³-hybridized carbons (Fsp3) is 0.200. The van der Waals surface area contributed by atoms with Crippen LogP contribution in [0.15, 0.2) is 66.7 Å². The summed E-state index contributed by atoms with van der Waals surface area (Å²) in [5, 5.41) is 13.0. The summed E-state index contributed by atoms with van der Waals surface area (Å²) < 4.78 is 5.47. The summed E-state index contributed by atoms with van der Waals surface area (Å²) in [6.45, 7) is 0.0760. The molecule has 2 N–H and O–H groups in total. The molecule has 0 bridgehead atoms. The molecule has 5 nitrogen and oxygen atoms in total. The first-order valence-electron chi connectivity index (χ1n) is 10.2. The van der Waals surface area contributed by atoms with E-state index in [2.05, 4.69) is 17.4 Å². The first kappa shape index (κ1) is 22.2. The minimum absolute atomic E-state index is 0.0614. The number of alkyl carbamates (subject to hydrolysis) is 1. The molecular weight excluding hydrogens is 449 g/mol. The maximum absolute atomic E-state index is 12.4. The van der Waals surface area contributed by atoms with Crippen LogP contribution in [0.5, 0.6) is 0 Å². The number of nitrogens with one attached hydrogen (secondary N) is 1. The van der Waals surface area contributed by atoms with Gasteiger partial charge in [-0.05, 0) is 52.4 Å². The van der Waals surface area contributed by atoms with Gasteiger partial charge in [-0.3, -0.25) is 4.79 Å². The molecule has 0 spiro atoms. The van der Waals surface area contributed by atoms with Crippen molar-refractivity contribution in [3.8, 4) is 11.1 Å². The number of ether oxygens (including phenoxy) is 1. The van der Waals surface area contributed by atoms with Gasteiger partial charge in [-0.1, -0.05) is 71.7 Å². The van der Waals surface area contributed by atoms with E-state index in [9.17, 15) is 14.7 Å². The average molecular weight is 470 g/mol. The molecule has 0 aliphatic heterocycles. The molecule has 32 heavy (non-hydrogen) atoms. The van der Waals surface area contributed by atoms with Crippen molar-refractivity contribution in [2.45, 2.75) is 12.3 Å². The predicted octanol–water partition coefficient (Wildman–Crippen LogP) is 5.78. The number of carbonyl (C=O) groups is 2. The minimum Gasteiger partial charge on any atom is -0.481 e. The van der Waals surface area contributed by atoms with Crippen molar-refractivity contribution in [3.63, 3.8) is 0 Å². The molecule has 0 aromatic heterocycles. The van der Waals surface area contributed by atoms with Crippen molar-refractivity contribution >= 4 is 35.3 Å². The van der Waals surface area contributed by atoms with E-state index in [1.807, 2.05) is 36.4 Å². The first-order valence-corrected chi connectivity index (χ1v) is 10.9. The van der Waals surface area contributed by atoms with Crippen molar-refractivity contribution in [1.82, 2.24) is 5.32 Å². The zero-order valence-corrected chi connectivity index (χ0v) is 18.6. The third-order valence-corrected chi connectivity index (χ3v) is 6.26. The maximum atomic E-state index is 12.4. The molecule has 0 unspecified atom stereocenters. The molecule has 3 aromatic carbocycles. The summed E-state index contributed by atoms with van der Waals surface area (Å²) in [6.07, 6.45) is -0.520. The lowest BCUT2D eigenvalue weighted by Gasteiger charge is -2.17. The molecule has 7 heteroatoms. The van der Waals surface area contributed by atoms with E-state index < -0.39 is 18.0 Å². The number of halogens is 2. The predicted molar refractivity (Wildman–Crippen MR) is 124 cm³/mol. The second-order valence-corrected chi connectivity index (χ2v) is 8.53. The quantitative estimate of drug-likeness (QED) is 0.460. The maximum Gasteiger partial charge on any atom is 0.407 e. The van der Waals surface area contributed by atoms with Gasteiger partial charge in [0.15, 0.2) is 0 Å². The van der Waals surface area contributed by atoms with Gasteiger partial charge in [0, 0.05) is 22.5 Å². The van der Waals surface area contributed by atoms with Crippen molar-refractivity contribution in [2.24, 2.45) is 5.92 Å². The summed E-state index contributed by atoms with van der Waals surface area (Å²) in [6, 6.07) is 21.0. The van der Waals surface area contributed by atoms with E-state index in [1.165, 1.54) is 0 Å². The largest absolute Gasteiger partial charge is 0.481 e. The molecule has 0 radical (unpaired) electrons. The highest BCUT2D eigenvalue weighted by molar-refractivity contribution is 6.33. The number of hydrogen-bond acceptors (Lipinski definition) is 3. The Bertz CT molecular complexity index is 1120. The number of fused-ring (bicyclic) bond motifs is 3. The zero-order valence-electron chi connectivity index (χ0n) is 17.1. The Morgan fingerprint density at radius 1 is 0.969 bits per heavy atom. The van der Waals surface area contributed by atoms with Crippen LogP contribution in [0.2, 0.25) is 10.0 Å². The lowest BCUT2D eigenvalue weighted by molar-refractivity contribution is -0.141. The number of benzene rings is 3. The Balaban J connectivity index is 1.37. The highest BCUT2D eigenvalue weighted by Crippen LogP contribution is 2.44. The second kappa shape index (κ2) is 9.63. The van der Waals surface area contributed by atoms with Crippen molar-refractivity contribution in [1.29, 1.82) is 0 Å². The molecule has 1 amide bonds. The lowest BCUT2D eigenvalue weighted by atomic mass is 9.98. The first-order chi connectivity index (χ1) is 15.4. The van der Waals surface area contributed by atoms with Gasteiger partial charge in [0.05, 0.1) is 5.92 Å². The van der Waals surface area contributed by atoms with Crippen molar-refractivity contribution in [2.75, 3.05) is 13.2 Å². The third-order valence-electron chi connectivity index (χ3n) is 5.66. The van der Waals surface area contributed by atoms with E-state index >= 15 is 0 Å².